The molecule has 1 N–H and O–H groups in total. The van der Waals surface area contributed by atoms with Crippen LogP contribution in [0.4, 0.5) is 0 Å². The van der Waals surface area contributed by atoms with Crippen LogP contribution in [0.3, 0.4) is 0 Å². The number of aromatic amines is 1. The van der Waals surface area contributed by atoms with Crippen LogP contribution in [0.1, 0.15) is 48.9 Å². The number of halogens is 1. The van der Waals surface area contributed by atoms with E-state index in [1.54, 1.807) is 24.4 Å². The lowest BCUT2D eigenvalue weighted by Crippen LogP contribution is -2.60. The van der Waals surface area contributed by atoms with Crippen molar-refractivity contribution in [2.24, 2.45) is 11.8 Å². The highest BCUT2D eigenvalue weighted by atomic mass is 35.5. The normalized spacial score (nSPS) is 30.5. The molecule has 31 heavy (non-hydrogen) atoms. The van der Waals surface area contributed by atoms with Crippen LogP contribution in [0.25, 0.3) is 10.9 Å². The Morgan fingerprint density at radius 3 is 2.97 bits per heavy atom. The number of H-pyrrole nitrogens is 1. The van der Waals surface area contributed by atoms with Crippen molar-refractivity contribution in [3.8, 4) is 0 Å². The number of carbonyl (C=O) groups is 1. The molecule has 0 radical (unpaired) electrons. The summed E-state index contributed by atoms with van der Waals surface area (Å²) in [6.45, 7) is 2.99. The van der Waals surface area contributed by atoms with Gasteiger partial charge in [-0.2, -0.15) is 0 Å². The van der Waals surface area contributed by atoms with Gasteiger partial charge in [0.05, 0.1) is 16.6 Å². The molecule has 0 saturated carbocycles. The summed E-state index contributed by atoms with van der Waals surface area (Å²) in [7, 11) is 0. The van der Waals surface area contributed by atoms with Gasteiger partial charge in [-0.3, -0.25) is 14.5 Å². The number of amides is 1. The average Bonchev–Trinajstić information content (AvgIpc) is 2.79. The Bertz CT molecular complexity index is 1140. The summed E-state index contributed by atoms with van der Waals surface area (Å²) in [6.07, 6.45) is 11.2. The summed E-state index contributed by atoms with van der Waals surface area (Å²) in [5, 5.41) is 0.970. The smallest absolute Gasteiger partial charge is 0.259 e. The summed E-state index contributed by atoms with van der Waals surface area (Å²) < 4.78 is 0. The minimum Gasteiger partial charge on any atom is -0.359 e. The van der Waals surface area contributed by atoms with Crippen molar-refractivity contribution in [2.75, 3.05) is 19.6 Å². The summed E-state index contributed by atoms with van der Waals surface area (Å²) in [5.74, 6) is 0.960. The van der Waals surface area contributed by atoms with E-state index in [4.69, 9.17) is 11.6 Å². The van der Waals surface area contributed by atoms with Gasteiger partial charge in [-0.1, -0.05) is 35.7 Å². The van der Waals surface area contributed by atoms with Gasteiger partial charge >= 0.3 is 0 Å². The zero-order valence-corrected chi connectivity index (χ0v) is 18.4. The predicted molar refractivity (Wildman–Crippen MR) is 123 cm³/mol. The van der Waals surface area contributed by atoms with Crippen LogP contribution >= 0.6 is 11.6 Å². The summed E-state index contributed by atoms with van der Waals surface area (Å²) in [6, 6.07) is 6.07. The monoisotopic (exact) mass is 437 g/mol. The predicted octanol–water partition coefficient (Wildman–Crippen LogP) is 4.22. The largest absolute Gasteiger partial charge is 0.359 e. The lowest BCUT2D eigenvalue weighted by molar-refractivity contribution is 0.00143. The van der Waals surface area contributed by atoms with E-state index in [0.717, 1.165) is 25.9 Å². The molecule has 2 aromatic rings. The maximum absolute atomic E-state index is 13.7. The molecule has 3 saturated heterocycles. The molecule has 1 aromatic carbocycles. The maximum atomic E-state index is 13.7. The molecule has 6 rings (SSSR count). The van der Waals surface area contributed by atoms with Crippen LogP contribution in [0.5, 0.6) is 0 Å². The maximum Gasteiger partial charge on any atom is 0.259 e. The van der Waals surface area contributed by atoms with Gasteiger partial charge in [0.2, 0.25) is 5.43 Å². The van der Waals surface area contributed by atoms with Crippen molar-refractivity contribution in [2.45, 2.75) is 50.6 Å². The van der Waals surface area contributed by atoms with E-state index in [9.17, 15) is 9.59 Å². The molecule has 4 aliphatic rings. The van der Waals surface area contributed by atoms with Gasteiger partial charge in [0.25, 0.3) is 5.91 Å². The van der Waals surface area contributed by atoms with Crippen LogP contribution < -0.4 is 5.43 Å². The third-order valence-electron chi connectivity index (χ3n) is 8.01. The summed E-state index contributed by atoms with van der Waals surface area (Å²) >= 11 is 6.24. The van der Waals surface area contributed by atoms with Gasteiger partial charge in [0, 0.05) is 30.7 Å². The first-order valence-electron chi connectivity index (χ1n) is 11.7. The van der Waals surface area contributed by atoms with Gasteiger partial charge in [0.15, 0.2) is 0 Å². The minimum absolute atomic E-state index is 0.134. The second kappa shape index (κ2) is 7.49. The number of fused-ring (bicyclic) bond motifs is 7. The molecule has 0 unspecified atom stereocenters. The zero-order chi connectivity index (χ0) is 21.1. The highest BCUT2D eigenvalue weighted by molar-refractivity contribution is 6.35. The number of pyridine rings is 1. The zero-order valence-electron chi connectivity index (χ0n) is 17.6. The number of nitrogens with one attached hydrogen (secondary N) is 1. The number of nitrogens with zero attached hydrogens (tertiary/aromatic N) is 2. The van der Waals surface area contributed by atoms with Crippen molar-refractivity contribution in [3.05, 3.63) is 56.9 Å². The number of hydrogen-bond acceptors (Lipinski definition) is 3. The Kier molecular flexibility index (Phi) is 4.73. The molecule has 4 atom stereocenters. The first-order chi connectivity index (χ1) is 15.1. The van der Waals surface area contributed by atoms with Crippen LogP contribution in [-0.4, -0.2) is 52.4 Å². The van der Waals surface area contributed by atoms with Crippen molar-refractivity contribution in [1.29, 1.82) is 0 Å². The number of hydrogen-bond donors (Lipinski definition) is 1. The number of benzene rings is 1. The molecule has 1 aliphatic carbocycles. The van der Waals surface area contributed by atoms with E-state index in [2.05, 4.69) is 16.0 Å². The molecule has 162 valence electrons. The number of likely N-dealkylation sites (tertiary alicyclic amines) is 1. The SMILES string of the molecule is O=C(c1c[nH]c2c(Cl)cccc2c1=O)N1CCCC2=C[C@H]3C[C@@H](CN4CCCC[C@@H]34)[C@@H]21. The van der Waals surface area contributed by atoms with E-state index < -0.39 is 0 Å². The fraction of sp³-hybridized carbons (Fsp3) is 0.520. The molecule has 1 amide bonds. The Balaban J connectivity index is 1.37. The first kappa shape index (κ1) is 19.6. The van der Waals surface area contributed by atoms with E-state index in [1.807, 2.05) is 4.90 Å². The van der Waals surface area contributed by atoms with Crippen molar-refractivity contribution in [1.82, 2.24) is 14.8 Å². The van der Waals surface area contributed by atoms with Gasteiger partial charge < -0.3 is 9.88 Å². The average molecular weight is 438 g/mol. The third kappa shape index (κ3) is 3.08. The van der Waals surface area contributed by atoms with Crippen LogP contribution in [0.2, 0.25) is 5.02 Å². The fourth-order valence-electron chi connectivity index (χ4n) is 6.73. The molecule has 3 aliphatic heterocycles. The van der Waals surface area contributed by atoms with Crippen LogP contribution in [-0.2, 0) is 0 Å². The van der Waals surface area contributed by atoms with Crippen LogP contribution in [0.15, 0.2) is 40.8 Å². The molecule has 2 bridgehead atoms. The second-order valence-corrected chi connectivity index (χ2v) is 10.1. The van der Waals surface area contributed by atoms with Gasteiger partial charge in [-0.25, -0.2) is 0 Å². The van der Waals surface area contributed by atoms with Crippen molar-refractivity contribution in [3.63, 3.8) is 0 Å². The lowest BCUT2D eigenvalue weighted by atomic mass is 9.68. The van der Waals surface area contributed by atoms with Gasteiger partial charge in [0.1, 0.15) is 5.56 Å². The topological polar surface area (TPSA) is 56.4 Å². The highest BCUT2D eigenvalue weighted by Gasteiger charge is 2.47. The lowest BCUT2D eigenvalue weighted by Gasteiger charge is -2.54. The van der Waals surface area contributed by atoms with E-state index >= 15 is 0 Å². The Labute approximate surface area is 187 Å². The Morgan fingerprint density at radius 1 is 1.16 bits per heavy atom. The fourth-order valence-corrected chi connectivity index (χ4v) is 6.96. The third-order valence-corrected chi connectivity index (χ3v) is 8.33. The molecular weight excluding hydrogens is 410 g/mol. The second-order valence-electron chi connectivity index (χ2n) is 9.70. The molecule has 6 heteroatoms. The summed E-state index contributed by atoms with van der Waals surface area (Å²) in [4.78, 5) is 34.6. The van der Waals surface area contributed by atoms with Crippen molar-refractivity contribution < 1.29 is 4.79 Å². The molecule has 0 spiro atoms. The van der Waals surface area contributed by atoms with E-state index in [-0.39, 0.29) is 22.9 Å². The Hall–Kier alpha value is -2.11. The number of aromatic nitrogens is 1. The quantitative estimate of drug-likeness (QED) is 0.679. The van der Waals surface area contributed by atoms with E-state index in [0.29, 0.717) is 33.8 Å². The highest BCUT2D eigenvalue weighted by Crippen LogP contribution is 2.45. The molecule has 3 fully saturated rings. The van der Waals surface area contributed by atoms with Gasteiger partial charge in [-0.05, 0) is 62.6 Å². The standard InChI is InChI=1S/C25H28ClN3O2/c26-20-7-3-6-18-22(20)27-13-19(24(18)30)25(31)29-10-4-5-15-11-16-12-17(23(15)29)14-28-9-2-1-8-21(16)28/h3,6-7,11,13,16-17,21,23H,1-2,4-5,8-10,12,14H2,(H,27,30)/t16-,17-,21-,23+/m0/s1. The minimum atomic E-state index is -0.231. The molecule has 4 heterocycles. The Morgan fingerprint density at radius 2 is 2.06 bits per heavy atom. The summed E-state index contributed by atoms with van der Waals surface area (Å²) in [5.41, 5.74) is 2.02. The first-order valence-corrected chi connectivity index (χ1v) is 12.0. The molecular formula is C25H28ClN3O2. The number of para-hydroxylation sites is 1. The number of carbonyl (C=O) groups excluding carboxylic acids is 1. The number of rotatable bonds is 1. The van der Waals surface area contributed by atoms with Gasteiger partial charge in [-0.15, -0.1) is 0 Å². The van der Waals surface area contributed by atoms with E-state index in [1.165, 1.54) is 37.8 Å². The number of piperidine rings is 3. The molecule has 1 aromatic heterocycles. The van der Waals surface area contributed by atoms with Crippen molar-refractivity contribution >= 4 is 28.4 Å². The molecule has 5 nitrogen and oxygen atoms in total. The van der Waals surface area contributed by atoms with Crippen LogP contribution in [0, 0.1) is 11.8 Å².